The van der Waals surface area contributed by atoms with Crippen molar-refractivity contribution in [2.24, 2.45) is 0 Å². The van der Waals surface area contributed by atoms with Gasteiger partial charge in [-0.3, -0.25) is 13.9 Å². The first-order valence-corrected chi connectivity index (χ1v) is 13.2. The second-order valence-corrected chi connectivity index (χ2v) is 10.3. The van der Waals surface area contributed by atoms with Gasteiger partial charge in [0.15, 0.2) is 11.5 Å². The van der Waals surface area contributed by atoms with Crippen LogP contribution in [0.1, 0.15) is 18.9 Å². The van der Waals surface area contributed by atoms with Crippen LogP contribution in [-0.4, -0.2) is 65.2 Å². The highest BCUT2D eigenvalue weighted by atomic mass is 35.5. The second kappa shape index (κ2) is 12.3. The number of sulfonamides is 1. The predicted molar refractivity (Wildman–Crippen MR) is 137 cm³/mol. The van der Waals surface area contributed by atoms with Gasteiger partial charge in [-0.25, -0.2) is 8.42 Å². The molecule has 9 nitrogen and oxygen atoms in total. The van der Waals surface area contributed by atoms with Crippen molar-refractivity contribution in [2.45, 2.75) is 25.9 Å². The van der Waals surface area contributed by atoms with E-state index in [0.29, 0.717) is 27.1 Å². The Morgan fingerprint density at radius 1 is 1.06 bits per heavy atom. The van der Waals surface area contributed by atoms with E-state index in [1.54, 1.807) is 25.1 Å². The van der Waals surface area contributed by atoms with Crippen molar-refractivity contribution >= 4 is 50.7 Å². The molecule has 2 rings (SSSR count). The van der Waals surface area contributed by atoms with E-state index in [1.165, 1.54) is 44.4 Å². The monoisotopic (exact) mass is 545 g/mol. The molecule has 0 aliphatic heterocycles. The fraction of sp³-hybridized carbons (Fsp3) is 0.391. The zero-order valence-corrected chi connectivity index (χ0v) is 22.5. The summed E-state index contributed by atoms with van der Waals surface area (Å²) in [6, 6.07) is 8.53. The number of amides is 2. The number of anilines is 1. The van der Waals surface area contributed by atoms with Gasteiger partial charge < -0.3 is 19.7 Å². The molecule has 2 aromatic carbocycles. The predicted octanol–water partition coefficient (Wildman–Crippen LogP) is 3.33. The summed E-state index contributed by atoms with van der Waals surface area (Å²) in [4.78, 5) is 27.5. The minimum absolute atomic E-state index is 0.0905. The highest BCUT2D eigenvalue weighted by molar-refractivity contribution is 7.92. The molecule has 0 aromatic heterocycles. The number of hydrogen-bond acceptors (Lipinski definition) is 6. The molecule has 2 amide bonds. The van der Waals surface area contributed by atoms with Gasteiger partial charge in [-0.1, -0.05) is 36.2 Å². The lowest BCUT2D eigenvalue weighted by atomic mass is 10.1. The third-order valence-electron chi connectivity index (χ3n) is 5.36. The molecule has 1 N–H and O–H groups in total. The molecule has 0 aliphatic rings. The Morgan fingerprint density at radius 3 is 2.14 bits per heavy atom. The van der Waals surface area contributed by atoms with Gasteiger partial charge in [0, 0.05) is 35.3 Å². The first-order valence-electron chi connectivity index (χ1n) is 10.6. The minimum Gasteiger partial charge on any atom is -0.493 e. The van der Waals surface area contributed by atoms with Gasteiger partial charge >= 0.3 is 0 Å². The summed E-state index contributed by atoms with van der Waals surface area (Å²) in [5.74, 6) is -0.322. The summed E-state index contributed by atoms with van der Waals surface area (Å²) in [6.07, 6.45) is 1.27. The molecule has 35 heavy (non-hydrogen) atoms. The Labute approximate surface area is 215 Å². The van der Waals surface area contributed by atoms with Crippen LogP contribution in [0.3, 0.4) is 0 Å². The van der Waals surface area contributed by atoms with Crippen molar-refractivity contribution in [3.8, 4) is 11.5 Å². The molecule has 0 radical (unpaired) electrons. The molecule has 0 saturated carbocycles. The van der Waals surface area contributed by atoms with Crippen LogP contribution in [0.4, 0.5) is 5.69 Å². The average molecular weight is 546 g/mol. The van der Waals surface area contributed by atoms with Crippen LogP contribution in [0, 0.1) is 0 Å². The normalized spacial score (nSPS) is 12.0. The van der Waals surface area contributed by atoms with Gasteiger partial charge in [0.05, 0.1) is 26.2 Å². The topological polar surface area (TPSA) is 105 Å². The molecule has 0 heterocycles. The lowest BCUT2D eigenvalue weighted by Crippen LogP contribution is -2.51. The Bertz CT molecular complexity index is 1160. The molecule has 0 saturated heterocycles. The van der Waals surface area contributed by atoms with Crippen LogP contribution in [0.25, 0.3) is 0 Å². The smallest absolute Gasteiger partial charge is 0.244 e. The highest BCUT2D eigenvalue weighted by Crippen LogP contribution is 2.33. The molecule has 0 aliphatic carbocycles. The lowest BCUT2D eigenvalue weighted by Gasteiger charge is -2.33. The number of likely N-dealkylation sites (N-methyl/N-ethyl adjacent to an activating group) is 1. The van der Waals surface area contributed by atoms with Gasteiger partial charge in [-0.2, -0.15) is 0 Å². The number of benzene rings is 2. The van der Waals surface area contributed by atoms with Crippen molar-refractivity contribution < 1.29 is 27.5 Å². The third kappa shape index (κ3) is 6.93. The summed E-state index contributed by atoms with van der Waals surface area (Å²) < 4.78 is 36.8. The summed E-state index contributed by atoms with van der Waals surface area (Å²) in [5, 5.41) is 3.19. The Hall–Kier alpha value is -2.69. The molecule has 192 valence electrons. The Balaban J connectivity index is 2.53. The Kier molecular flexibility index (Phi) is 10.1. The standard InChI is InChI=1S/C23H29Cl2N3O6S/c1-6-19(23(30)26-2)27(13-16-17(24)8-7-9-18(16)25)22(29)14-28(35(5,31)32)15-10-11-20(33-3)21(12-15)34-4/h7-12,19H,6,13-14H2,1-5H3,(H,26,30). The van der Waals surface area contributed by atoms with Crippen molar-refractivity contribution in [3.05, 3.63) is 52.0 Å². The molecule has 12 heteroatoms. The van der Waals surface area contributed by atoms with Crippen molar-refractivity contribution in [2.75, 3.05) is 38.4 Å². The van der Waals surface area contributed by atoms with Gasteiger partial charge in [-0.05, 0) is 30.7 Å². The number of ether oxygens (including phenoxy) is 2. The van der Waals surface area contributed by atoms with Crippen LogP contribution in [-0.2, 0) is 26.2 Å². The maximum absolute atomic E-state index is 13.6. The van der Waals surface area contributed by atoms with E-state index in [2.05, 4.69) is 5.32 Å². The number of carbonyl (C=O) groups excluding carboxylic acids is 2. The van der Waals surface area contributed by atoms with Crippen molar-refractivity contribution in [1.29, 1.82) is 0 Å². The van der Waals surface area contributed by atoms with Crippen molar-refractivity contribution in [1.82, 2.24) is 10.2 Å². The quantitative estimate of drug-likeness (QED) is 0.464. The number of rotatable bonds is 11. The van der Waals surface area contributed by atoms with Gasteiger partial charge in [0.25, 0.3) is 0 Å². The number of nitrogens with one attached hydrogen (secondary N) is 1. The highest BCUT2D eigenvalue weighted by Gasteiger charge is 2.32. The zero-order valence-electron chi connectivity index (χ0n) is 20.2. The van der Waals surface area contributed by atoms with E-state index in [-0.39, 0.29) is 18.7 Å². The molecule has 1 unspecified atom stereocenters. The maximum atomic E-state index is 13.6. The van der Waals surface area contributed by atoms with Crippen LogP contribution in [0.5, 0.6) is 11.5 Å². The largest absolute Gasteiger partial charge is 0.493 e. The Morgan fingerprint density at radius 2 is 1.66 bits per heavy atom. The second-order valence-electron chi connectivity index (χ2n) is 7.57. The van der Waals surface area contributed by atoms with E-state index in [9.17, 15) is 18.0 Å². The van der Waals surface area contributed by atoms with Crippen molar-refractivity contribution in [3.63, 3.8) is 0 Å². The first-order chi connectivity index (χ1) is 16.5. The molecular formula is C23H29Cl2N3O6S. The van der Waals surface area contributed by atoms with Gasteiger partial charge in [0.1, 0.15) is 12.6 Å². The zero-order chi connectivity index (χ0) is 26.3. The molecule has 2 aromatic rings. The van der Waals surface area contributed by atoms with Crippen LogP contribution in [0.15, 0.2) is 36.4 Å². The number of methoxy groups -OCH3 is 2. The van der Waals surface area contributed by atoms with E-state index in [1.807, 2.05) is 0 Å². The molecule has 0 bridgehead atoms. The van der Waals surface area contributed by atoms with E-state index >= 15 is 0 Å². The van der Waals surface area contributed by atoms with Gasteiger partial charge in [0.2, 0.25) is 21.8 Å². The number of halogens is 2. The molecular weight excluding hydrogens is 517 g/mol. The van der Waals surface area contributed by atoms with Gasteiger partial charge in [-0.15, -0.1) is 0 Å². The fourth-order valence-corrected chi connectivity index (χ4v) is 4.89. The lowest BCUT2D eigenvalue weighted by molar-refractivity contribution is -0.140. The number of hydrogen-bond donors (Lipinski definition) is 1. The maximum Gasteiger partial charge on any atom is 0.244 e. The summed E-state index contributed by atoms with van der Waals surface area (Å²) in [7, 11) is 0.433. The van der Waals surface area contributed by atoms with E-state index in [4.69, 9.17) is 32.7 Å². The van der Waals surface area contributed by atoms with Crippen LogP contribution < -0.4 is 19.1 Å². The first kappa shape index (κ1) is 28.5. The van der Waals surface area contributed by atoms with E-state index < -0.39 is 34.4 Å². The molecule has 1 atom stereocenters. The van der Waals surface area contributed by atoms with Crippen LogP contribution in [0.2, 0.25) is 10.0 Å². The molecule has 0 fully saturated rings. The van der Waals surface area contributed by atoms with E-state index in [0.717, 1.165) is 10.6 Å². The van der Waals surface area contributed by atoms with Crippen LogP contribution >= 0.6 is 23.2 Å². The molecule has 0 spiro atoms. The summed E-state index contributed by atoms with van der Waals surface area (Å²) in [6.45, 7) is 1.09. The average Bonchev–Trinajstić information content (AvgIpc) is 2.82. The number of nitrogens with zero attached hydrogens (tertiary/aromatic N) is 2. The minimum atomic E-state index is -3.90. The summed E-state index contributed by atoms with van der Waals surface area (Å²) in [5.41, 5.74) is 0.644. The SMILES string of the molecule is CCC(C(=O)NC)N(Cc1c(Cl)cccc1Cl)C(=O)CN(c1ccc(OC)c(OC)c1)S(C)(=O)=O. The summed E-state index contributed by atoms with van der Waals surface area (Å²) >= 11 is 12.6. The third-order valence-corrected chi connectivity index (χ3v) is 7.21. The number of carbonyl (C=O) groups is 2. The fourth-order valence-electron chi connectivity index (χ4n) is 3.53.